The Balaban J connectivity index is 2.58. The van der Waals surface area contributed by atoms with E-state index >= 15 is 0 Å². The topological polar surface area (TPSA) is 84.5 Å². The standard InChI is InChI=1S/C13H26N2O4S/c1-13(2,3)9-12(16)14-15-20(17,18)11-8-6-5-7-10(11)19-4/h10-11,15H,5-9H2,1-4H3,(H,14,16). The zero-order chi connectivity index (χ0) is 15.4. The molecule has 20 heavy (non-hydrogen) atoms. The average molecular weight is 306 g/mol. The molecule has 2 N–H and O–H groups in total. The van der Waals surface area contributed by atoms with Gasteiger partial charge in [0, 0.05) is 13.5 Å². The number of ether oxygens (including phenoxy) is 1. The highest BCUT2D eigenvalue weighted by molar-refractivity contribution is 7.90. The monoisotopic (exact) mass is 306 g/mol. The summed E-state index contributed by atoms with van der Waals surface area (Å²) in [6.07, 6.45) is 3.08. The largest absolute Gasteiger partial charge is 0.380 e. The highest BCUT2D eigenvalue weighted by atomic mass is 32.2. The third-order valence-electron chi connectivity index (χ3n) is 3.37. The number of methoxy groups -OCH3 is 1. The minimum absolute atomic E-state index is 0.185. The molecule has 0 aliphatic heterocycles. The molecule has 2 unspecified atom stereocenters. The molecular weight excluding hydrogens is 280 g/mol. The van der Waals surface area contributed by atoms with Gasteiger partial charge in [-0.15, -0.1) is 4.83 Å². The molecule has 1 aliphatic rings. The van der Waals surface area contributed by atoms with E-state index in [1.807, 2.05) is 20.8 Å². The smallest absolute Gasteiger partial charge is 0.235 e. The fourth-order valence-electron chi connectivity index (χ4n) is 2.42. The molecule has 0 spiro atoms. The van der Waals surface area contributed by atoms with Crippen LogP contribution in [0.4, 0.5) is 0 Å². The van der Waals surface area contributed by atoms with Gasteiger partial charge in [0.05, 0.1) is 6.10 Å². The fraction of sp³-hybridized carbons (Fsp3) is 0.923. The highest BCUT2D eigenvalue weighted by Crippen LogP contribution is 2.25. The molecule has 0 bridgehead atoms. The van der Waals surface area contributed by atoms with Crippen molar-refractivity contribution >= 4 is 15.9 Å². The van der Waals surface area contributed by atoms with E-state index in [0.717, 1.165) is 19.3 Å². The second-order valence-electron chi connectivity index (χ2n) is 6.53. The summed E-state index contributed by atoms with van der Waals surface area (Å²) in [5.74, 6) is -0.328. The predicted octanol–water partition coefficient (Wildman–Crippen LogP) is 1.33. The van der Waals surface area contributed by atoms with Crippen LogP contribution in [0.15, 0.2) is 0 Å². The van der Waals surface area contributed by atoms with Gasteiger partial charge in [0.1, 0.15) is 5.25 Å². The number of carbonyl (C=O) groups excluding carboxylic acids is 1. The van der Waals surface area contributed by atoms with E-state index < -0.39 is 15.3 Å². The van der Waals surface area contributed by atoms with Crippen LogP contribution >= 0.6 is 0 Å². The minimum atomic E-state index is -3.60. The van der Waals surface area contributed by atoms with Gasteiger partial charge in [-0.25, -0.2) is 8.42 Å². The van der Waals surface area contributed by atoms with Crippen LogP contribution in [0.25, 0.3) is 0 Å². The summed E-state index contributed by atoms with van der Waals surface area (Å²) < 4.78 is 29.7. The van der Waals surface area contributed by atoms with Gasteiger partial charge in [-0.1, -0.05) is 33.6 Å². The molecule has 6 nitrogen and oxygen atoms in total. The third kappa shape index (κ3) is 5.38. The normalized spacial score (nSPS) is 24.4. The number of sulfonamides is 1. The van der Waals surface area contributed by atoms with E-state index in [1.54, 1.807) is 0 Å². The molecule has 7 heteroatoms. The van der Waals surface area contributed by atoms with Gasteiger partial charge in [0.15, 0.2) is 0 Å². The number of nitrogens with one attached hydrogen (secondary N) is 2. The number of hydrogen-bond donors (Lipinski definition) is 2. The van der Waals surface area contributed by atoms with E-state index in [-0.39, 0.29) is 23.8 Å². The Morgan fingerprint density at radius 3 is 2.40 bits per heavy atom. The van der Waals surface area contributed by atoms with Crippen molar-refractivity contribution in [2.24, 2.45) is 5.41 Å². The fourth-order valence-corrected chi connectivity index (χ4v) is 3.95. The Kier molecular flexibility index (Phi) is 5.97. The van der Waals surface area contributed by atoms with Gasteiger partial charge in [-0.05, 0) is 18.3 Å². The van der Waals surface area contributed by atoms with Gasteiger partial charge in [-0.2, -0.15) is 0 Å². The lowest BCUT2D eigenvalue weighted by atomic mass is 9.92. The molecule has 1 aliphatic carbocycles. The molecule has 1 saturated carbocycles. The maximum Gasteiger partial charge on any atom is 0.235 e. The molecule has 1 fully saturated rings. The van der Waals surface area contributed by atoms with E-state index in [2.05, 4.69) is 10.3 Å². The number of rotatable bonds is 5. The molecule has 0 radical (unpaired) electrons. The van der Waals surface area contributed by atoms with Crippen LogP contribution in [0.5, 0.6) is 0 Å². The molecule has 0 heterocycles. The lowest BCUT2D eigenvalue weighted by Crippen LogP contribution is -2.51. The van der Waals surface area contributed by atoms with Crippen molar-refractivity contribution in [3.8, 4) is 0 Å². The van der Waals surface area contributed by atoms with Gasteiger partial charge >= 0.3 is 0 Å². The first-order valence-electron chi connectivity index (χ1n) is 6.98. The van der Waals surface area contributed by atoms with Crippen LogP contribution in [-0.2, 0) is 19.6 Å². The van der Waals surface area contributed by atoms with E-state index in [1.165, 1.54) is 7.11 Å². The van der Waals surface area contributed by atoms with Gasteiger partial charge in [-0.3, -0.25) is 10.2 Å². The van der Waals surface area contributed by atoms with E-state index in [9.17, 15) is 13.2 Å². The van der Waals surface area contributed by atoms with Crippen LogP contribution in [0, 0.1) is 5.41 Å². The summed E-state index contributed by atoms with van der Waals surface area (Å²) in [5.41, 5.74) is 2.10. The highest BCUT2D eigenvalue weighted by Gasteiger charge is 2.36. The lowest BCUT2D eigenvalue weighted by molar-refractivity contribution is -0.123. The Morgan fingerprint density at radius 2 is 1.85 bits per heavy atom. The number of carbonyl (C=O) groups is 1. The van der Waals surface area contributed by atoms with Crippen molar-refractivity contribution in [3.05, 3.63) is 0 Å². The maximum absolute atomic E-state index is 12.2. The van der Waals surface area contributed by atoms with Crippen molar-refractivity contribution in [2.75, 3.05) is 7.11 Å². The maximum atomic E-state index is 12.2. The van der Waals surface area contributed by atoms with Crippen LogP contribution in [0.1, 0.15) is 52.9 Å². The van der Waals surface area contributed by atoms with Crippen molar-refractivity contribution in [1.29, 1.82) is 0 Å². The summed E-state index contributed by atoms with van der Waals surface area (Å²) in [7, 11) is -2.08. The summed E-state index contributed by atoms with van der Waals surface area (Å²) in [4.78, 5) is 13.9. The van der Waals surface area contributed by atoms with Crippen LogP contribution in [0.3, 0.4) is 0 Å². The zero-order valence-corrected chi connectivity index (χ0v) is 13.5. The SMILES string of the molecule is COC1CCCCC1S(=O)(=O)NNC(=O)CC(C)(C)C. The Hall–Kier alpha value is -0.660. The molecule has 1 rings (SSSR count). The van der Waals surface area contributed by atoms with Crippen molar-refractivity contribution in [2.45, 2.75) is 64.2 Å². The average Bonchev–Trinajstić information content (AvgIpc) is 2.34. The molecule has 0 aromatic heterocycles. The van der Waals surface area contributed by atoms with E-state index in [4.69, 9.17) is 4.74 Å². The summed E-state index contributed by atoms with van der Waals surface area (Å²) in [5, 5.41) is -0.601. The van der Waals surface area contributed by atoms with Crippen molar-refractivity contribution in [1.82, 2.24) is 10.3 Å². The van der Waals surface area contributed by atoms with E-state index in [0.29, 0.717) is 6.42 Å². The second kappa shape index (κ2) is 6.87. The molecule has 1 amide bonds. The second-order valence-corrected chi connectivity index (χ2v) is 8.43. The number of hydrazine groups is 1. The summed E-state index contributed by atoms with van der Waals surface area (Å²) in [6.45, 7) is 5.76. The summed E-state index contributed by atoms with van der Waals surface area (Å²) in [6, 6.07) is 0. The van der Waals surface area contributed by atoms with Crippen LogP contribution in [0.2, 0.25) is 0 Å². The first-order chi connectivity index (χ1) is 9.15. The Labute approximate surface area is 121 Å². The first kappa shape index (κ1) is 17.4. The first-order valence-corrected chi connectivity index (χ1v) is 8.52. The number of amides is 1. The molecule has 118 valence electrons. The minimum Gasteiger partial charge on any atom is -0.380 e. The molecule has 0 aromatic rings. The van der Waals surface area contributed by atoms with Gasteiger partial charge < -0.3 is 4.74 Å². The van der Waals surface area contributed by atoms with Crippen molar-refractivity contribution in [3.63, 3.8) is 0 Å². The molecule has 0 saturated heterocycles. The van der Waals surface area contributed by atoms with Crippen LogP contribution in [-0.4, -0.2) is 32.8 Å². The summed E-state index contributed by atoms with van der Waals surface area (Å²) >= 11 is 0. The zero-order valence-electron chi connectivity index (χ0n) is 12.7. The predicted molar refractivity (Wildman–Crippen MR) is 77.3 cm³/mol. The van der Waals surface area contributed by atoms with Gasteiger partial charge in [0.2, 0.25) is 15.9 Å². The molecular formula is C13H26N2O4S. The van der Waals surface area contributed by atoms with Crippen molar-refractivity contribution < 1.29 is 17.9 Å². The Morgan fingerprint density at radius 1 is 1.25 bits per heavy atom. The quantitative estimate of drug-likeness (QED) is 0.751. The Bertz CT molecular complexity index is 428. The number of hydrogen-bond acceptors (Lipinski definition) is 4. The molecule has 0 aromatic carbocycles. The molecule has 2 atom stereocenters. The third-order valence-corrected chi connectivity index (χ3v) is 5.09. The lowest BCUT2D eigenvalue weighted by Gasteiger charge is -2.30. The van der Waals surface area contributed by atoms with Crippen LogP contribution < -0.4 is 10.3 Å². The van der Waals surface area contributed by atoms with Gasteiger partial charge in [0.25, 0.3) is 0 Å².